The van der Waals surface area contributed by atoms with Crippen molar-refractivity contribution in [2.24, 2.45) is 0 Å². The van der Waals surface area contributed by atoms with Crippen LogP contribution >= 0.6 is 22.9 Å². The van der Waals surface area contributed by atoms with Crippen molar-refractivity contribution >= 4 is 56.6 Å². The average Bonchev–Trinajstić information content (AvgIpc) is 3.43. The number of thiazole rings is 1. The highest BCUT2D eigenvalue weighted by Gasteiger charge is 2.29. The number of aryl methyl sites for hydroxylation is 1. The Labute approximate surface area is 210 Å². The molecule has 35 heavy (non-hydrogen) atoms. The van der Waals surface area contributed by atoms with Crippen LogP contribution in [0.1, 0.15) is 43.4 Å². The van der Waals surface area contributed by atoms with Crippen molar-refractivity contribution in [3.8, 4) is 10.6 Å². The Kier molecular flexibility index (Phi) is 6.82. The molecule has 0 amide bonds. The van der Waals surface area contributed by atoms with Crippen molar-refractivity contribution in [1.29, 1.82) is 0 Å². The van der Waals surface area contributed by atoms with Crippen LogP contribution in [0.4, 0.5) is 20.2 Å². The Balaban J connectivity index is 1.60. The van der Waals surface area contributed by atoms with E-state index in [9.17, 15) is 17.5 Å². The zero-order valence-corrected chi connectivity index (χ0v) is 20.7. The second-order valence-electron chi connectivity index (χ2n) is 7.99. The lowest BCUT2D eigenvalue weighted by Gasteiger charge is -2.25. The maximum atomic E-state index is 14.0. The molecule has 0 aliphatic carbocycles. The number of aromatic nitrogens is 4. The number of fused-ring (bicyclic) bond motifs is 1. The summed E-state index contributed by atoms with van der Waals surface area (Å²) in [5.74, 6) is -0.480. The largest absolute Gasteiger partial charge is 0.768 e. The molecule has 1 N–H and O–H groups in total. The van der Waals surface area contributed by atoms with Crippen LogP contribution in [0.15, 0.2) is 34.5 Å². The van der Waals surface area contributed by atoms with Crippen molar-refractivity contribution < 1.29 is 22.3 Å². The molecule has 0 spiro atoms. The molecule has 1 fully saturated rings. The molecule has 1 aromatic carbocycles. The highest BCUT2D eigenvalue weighted by atomic mass is 35.5. The predicted octanol–water partition coefficient (Wildman–Crippen LogP) is 6.13. The monoisotopic (exact) mass is 538 g/mol. The highest BCUT2D eigenvalue weighted by molar-refractivity contribution is 7.79. The minimum Gasteiger partial charge on any atom is -0.768 e. The van der Waals surface area contributed by atoms with Crippen LogP contribution in [0.5, 0.6) is 0 Å². The van der Waals surface area contributed by atoms with Gasteiger partial charge in [-0.1, -0.05) is 11.6 Å². The molecule has 5 rings (SSSR count). The zero-order chi connectivity index (χ0) is 24.7. The number of nitrogens with zero attached hydrogens (tertiary/aromatic N) is 4. The summed E-state index contributed by atoms with van der Waals surface area (Å²) in [6.07, 6.45) is -1.30. The van der Waals surface area contributed by atoms with E-state index < -0.39 is 29.6 Å². The SMILES string of the molecule is Cc1csc(-c2ccc(Nc3cc(Cl)nc4c3nc(C(F)F)n4C3CCCCO3)c(S(=O)[O-])c2)n1. The van der Waals surface area contributed by atoms with Crippen LogP contribution in [-0.4, -0.2) is 34.9 Å². The Morgan fingerprint density at radius 3 is 2.74 bits per heavy atom. The van der Waals surface area contributed by atoms with Crippen molar-refractivity contribution in [3.05, 3.63) is 46.3 Å². The minimum absolute atomic E-state index is 0.0134. The summed E-state index contributed by atoms with van der Waals surface area (Å²) in [7, 11) is 0. The molecular formula is C22H19ClF2N5O3S2-. The molecule has 0 radical (unpaired) electrons. The fraction of sp³-hybridized carbons (Fsp3) is 0.318. The topological polar surface area (TPSA) is 105 Å². The predicted molar refractivity (Wildman–Crippen MR) is 129 cm³/mol. The minimum atomic E-state index is -2.87. The first-order valence-electron chi connectivity index (χ1n) is 10.7. The third-order valence-corrected chi connectivity index (χ3v) is 7.48. The molecule has 3 aromatic heterocycles. The number of alkyl halides is 2. The van der Waals surface area contributed by atoms with E-state index >= 15 is 0 Å². The van der Waals surface area contributed by atoms with Gasteiger partial charge in [0.2, 0.25) is 0 Å². The smallest absolute Gasteiger partial charge is 0.295 e. The van der Waals surface area contributed by atoms with Gasteiger partial charge in [-0.05, 0) is 55.5 Å². The fourth-order valence-electron chi connectivity index (χ4n) is 4.04. The maximum Gasteiger partial charge on any atom is 0.295 e. The molecule has 4 heterocycles. The lowest BCUT2D eigenvalue weighted by Crippen LogP contribution is -2.20. The van der Waals surface area contributed by atoms with Gasteiger partial charge >= 0.3 is 0 Å². The third-order valence-electron chi connectivity index (χ3n) is 5.58. The lowest BCUT2D eigenvalue weighted by atomic mass is 10.2. The van der Waals surface area contributed by atoms with Gasteiger partial charge in [0.25, 0.3) is 6.43 Å². The summed E-state index contributed by atoms with van der Waals surface area (Å²) in [5.41, 5.74) is 2.24. The second-order valence-corrected chi connectivity index (χ2v) is 10.1. The average molecular weight is 539 g/mol. The number of halogens is 3. The molecule has 0 saturated carbocycles. The Morgan fingerprint density at radius 1 is 1.26 bits per heavy atom. The Bertz CT molecular complexity index is 1420. The molecular weight excluding hydrogens is 520 g/mol. The fourth-order valence-corrected chi connectivity index (χ4v) is 5.54. The Morgan fingerprint density at radius 2 is 2.09 bits per heavy atom. The van der Waals surface area contributed by atoms with Crippen molar-refractivity contribution in [2.45, 2.75) is 43.7 Å². The van der Waals surface area contributed by atoms with Crippen LogP contribution < -0.4 is 5.32 Å². The van der Waals surface area contributed by atoms with E-state index in [0.29, 0.717) is 23.6 Å². The van der Waals surface area contributed by atoms with Crippen molar-refractivity contribution in [2.75, 3.05) is 11.9 Å². The lowest BCUT2D eigenvalue weighted by molar-refractivity contribution is -0.0363. The summed E-state index contributed by atoms with van der Waals surface area (Å²) < 4.78 is 59.0. The van der Waals surface area contributed by atoms with E-state index in [1.807, 2.05) is 12.3 Å². The van der Waals surface area contributed by atoms with E-state index in [-0.39, 0.29) is 32.6 Å². The summed E-state index contributed by atoms with van der Waals surface area (Å²) in [6.45, 7) is 2.30. The molecule has 13 heteroatoms. The molecule has 1 aliphatic rings. The van der Waals surface area contributed by atoms with Crippen LogP contribution in [-0.2, 0) is 15.8 Å². The van der Waals surface area contributed by atoms with Gasteiger partial charge in [0.15, 0.2) is 11.5 Å². The molecule has 1 aliphatic heterocycles. The molecule has 4 aromatic rings. The summed E-state index contributed by atoms with van der Waals surface area (Å²) in [5, 5.41) is 5.60. The number of benzene rings is 1. The summed E-state index contributed by atoms with van der Waals surface area (Å²) in [6, 6.07) is 6.25. The van der Waals surface area contributed by atoms with Crippen LogP contribution in [0, 0.1) is 6.92 Å². The Hall–Kier alpha value is -2.51. The van der Waals surface area contributed by atoms with Gasteiger partial charge in [-0.3, -0.25) is 8.78 Å². The number of imidazole rings is 1. The first kappa shape index (κ1) is 24.2. The highest BCUT2D eigenvalue weighted by Crippen LogP contribution is 2.37. The number of anilines is 2. The summed E-state index contributed by atoms with van der Waals surface area (Å²) in [4.78, 5) is 12.8. The van der Waals surface area contributed by atoms with Gasteiger partial charge in [0, 0.05) is 34.2 Å². The van der Waals surface area contributed by atoms with Gasteiger partial charge in [0.1, 0.15) is 21.9 Å². The molecule has 2 unspecified atom stereocenters. The summed E-state index contributed by atoms with van der Waals surface area (Å²) >= 11 is 5.06. The van der Waals surface area contributed by atoms with E-state index in [4.69, 9.17) is 16.3 Å². The van der Waals surface area contributed by atoms with E-state index in [1.54, 1.807) is 12.1 Å². The molecule has 0 bridgehead atoms. The zero-order valence-electron chi connectivity index (χ0n) is 18.3. The second kappa shape index (κ2) is 9.86. The van der Waals surface area contributed by atoms with E-state index in [2.05, 4.69) is 20.3 Å². The first-order valence-corrected chi connectivity index (χ1v) is 13.1. The van der Waals surface area contributed by atoms with Gasteiger partial charge in [-0.25, -0.2) is 23.7 Å². The number of hydrogen-bond donors (Lipinski definition) is 1. The molecule has 184 valence electrons. The van der Waals surface area contributed by atoms with Gasteiger partial charge in [-0.15, -0.1) is 11.3 Å². The number of nitrogens with one attached hydrogen (secondary N) is 1. The number of ether oxygens (including phenoxy) is 1. The van der Waals surface area contributed by atoms with E-state index in [0.717, 1.165) is 18.5 Å². The van der Waals surface area contributed by atoms with Crippen molar-refractivity contribution in [3.63, 3.8) is 0 Å². The van der Waals surface area contributed by atoms with Crippen molar-refractivity contribution in [1.82, 2.24) is 19.5 Å². The van der Waals surface area contributed by atoms with Crippen LogP contribution in [0.25, 0.3) is 21.7 Å². The molecule has 2 atom stereocenters. The normalized spacial score (nSPS) is 17.3. The van der Waals surface area contributed by atoms with Gasteiger partial charge in [-0.2, -0.15) is 0 Å². The van der Waals surface area contributed by atoms with Crippen LogP contribution in [0.3, 0.4) is 0 Å². The first-order chi connectivity index (χ1) is 16.8. The number of pyridine rings is 1. The van der Waals surface area contributed by atoms with Gasteiger partial charge < -0.3 is 14.6 Å². The maximum absolute atomic E-state index is 14.0. The quantitative estimate of drug-likeness (QED) is 0.232. The van der Waals surface area contributed by atoms with Crippen LogP contribution in [0.2, 0.25) is 5.15 Å². The number of rotatable bonds is 6. The third kappa shape index (κ3) is 4.81. The molecule has 8 nitrogen and oxygen atoms in total. The standard InChI is InChI=1S/C22H20ClF2N5O3S2/c1-11-10-34-22(26-11)12-5-6-13(15(8-12)35(31)32)27-14-9-16(23)28-20-18(14)29-21(19(24)25)30(20)17-4-2-3-7-33-17/h5-6,8-10,17,19H,2-4,7H2,1H3,(H,27,28)(H,31,32)/p-1. The van der Waals surface area contributed by atoms with Gasteiger partial charge in [0.05, 0.1) is 11.4 Å². The molecule has 1 saturated heterocycles. The van der Waals surface area contributed by atoms with E-state index in [1.165, 1.54) is 28.0 Å². The number of hydrogen-bond acceptors (Lipinski definition) is 8.